The average Bonchev–Trinajstić information content (AvgIpc) is 2.90. The molecule has 1 heterocycles. The van der Waals surface area contributed by atoms with E-state index in [1.54, 1.807) is 0 Å². The summed E-state index contributed by atoms with van der Waals surface area (Å²) in [6, 6.07) is -0.210. The summed E-state index contributed by atoms with van der Waals surface area (Å²) < 4.78 is 0. The topological polar surface area (TPSA) is 99.8 Å². The summed E-state index contributed by atoms with van der Waals surface area (Å²) in [5.74, 6) is -0.206. The predicted octanol–water partition coefficient (Wildman–Crippen LogP) is 1.06. The fourth-order valence-corrected chi connectivity index (χ4v) is 2.61. The molecule has 1 fully saturated rings. The van der Waals surface area contributed by atoms with Crippen molar-refractivity contribution >= 4 is 23.7 Å². The normalized spacial score (nSPS) is 16.0. The summed E-state index contributed by atoms with van der Waals surface area (Å²) in [6.07, 6.45) is 6.87. The molecule has 3 amide bonds. The van der Waals surface area contributed by atoms with Gasteiger partial charge in [0.2, 0.25) is 5.91 Å². The minimum Gasteiger partial charge on any atom is -0.335 e. The molecule has 0 radical (unpaired) electrons. The molecule has 0 aromatic carbocycles. The number of nitrogens with zero attached hydrogens (tertiary/aromatic N) is 2. The van der Waals surface area contributed by atoms with Gasteiger partial charge in [-0.05, 0) is 12.8 Å². The Hall–Kier alpha value is -1.57. The Morgan fingerprint density at radius 1 is 1.37 bits per heavy atom. The number of aromatic amines is 1. The van der Waals surface area contributed by atoms with E-state index in [1.165, 1.54) is 24.5 Å². The van der Waals surface area contributed by atoms with Crippen molar-refractivity contribution in [1.82, 2.24) is 25.8 Å². The van der Waals surface area contributed by atoms with Crippen molar-refractivity contribution in [2.45, 2.75) is 43.3 Å². The summed E-state index contributed by atoms with van der Waals surface area (Å²) in [5.41, 5.74) is 0. The molecule has 0 unspecified atom stereocenters. The Kier molecular flexibility index (Phi) is 5.20. The molecule has 2 rings (SSSR count). The zero-order valence-electron chi connectivity index (χ0n) is 10.5. The lowest BCUT2D eigenvalue weighted by atomic mass is 9.96. The van der Waals surface area contributed by atoms with E-state index < -0.39 is 6.03 Å². The lowest BCUT2D eigenvalue weighted by Gasteiger charge is -2.22. The number of hydrogen-bond donors (Lipinski definition) is 3. The van der Waals surface area contributed by atoms with Crippen molar-refractivity contribution in [2.75, 3.05) is 5.75 Å². The van der Waals surface area contributed by atoms with Crippen molar-refractivity contribution < 1.29 is 9.59 Å². The Balaban J connectivity index is 1.65. The Morgan fingerprint density at radius 2 is 2.16 bits per heavy atom. The van der Waals surface area contributed by atoms with E-state index in [2.05, 4.69) is 25.8 Å². The number of rotatable bonds is 4. The highest BCUT2D eigenvalue weighted by Crippen LogP contribution is 2.17. The number of thioether (sulfide) groups is 1. The van der Waals surface area contributed by atoms with Crippen LogP contribution in [0.3, 0.4) is 0 Å². The standard InChI is InChI=1S/C11H17N5O2S/c17-9(6-19-11-12-7-13-16-11)15-10(18)14-8-4-2-1-3-5-8/h7-8H,1-6H2,(H,12,13,16)(H2,14,15,17,18). The van der Waals surface area contributed by atoms with Crippen LogP contribution in [0.2, 0.25) is 0 Å². The van der Waals surface area contributed by atoms with Gasteiger partial charge in [-0.1, -0.05) is 31.0 Å². The van der Waals surface area contributed by atoms with Gasteiger partial charge in [-0.2, -0.15) is 5.10 Å². The highest BCUT2D eigenvalue weighted by molar-refractivity contribution is 7.99. The molecule has 1 saturated carbocycles. The van der Waals surface area contributed by atoms with Gasteiger partial charge in [0.05, 0.1) is 5.75 Å². The van der Waals surface area contributed by atoms with Gasteiger partial charge in [-0.15, -0.1) is 0 Å². The van der Waals surface area contributed by atoms with E-state index in [0.29, 0.717) is 5.16 Å². The SMILES string of the molecule is O=C(CSc1ncn[nH]1)NC(=O)NC1CCCCC1. The molecular formula is C11H17N5O2S. The van der Waals surface area contributed by atoms with Crippen LogP contribution in [-0.2, 0) is 4.79 Å². The molecule has 0 aliphatic heterocycles. The maximum Gasteiger partial charge on any atom is 0.321 e. The highest BCUT2D eigenvalue weighted by Gasteiger charge is 2.17. The predicted molar refractivity (Wildman–Crippen MR) is 70.7 cm³/mol. The number of carbonyl (C=O) groups excluding carboxylic acids is 2. The van der Waals surface area contributed by atoms with Gasteiger partial charge in [0.15, 0.2) is 5.16 Å². The molecule has 7 nitrogen and oxygen atoms in total. The smallest absolute Gasteiger partial charge is 0.321 e. The average molecular weight is 283 g/mol. The lowest BCUT2D eigenvalue weighted by Crippen LogP contribution is -2.45. The lowest BCUT2D eigenvalue weighted by molar-refractivity contribution is -0.117. The van der Waals surface area contributed by atoms with Crippen molar-refractivity contribution in [1.29, 1.82) is 0 Å². The van der Waals surface area contributed by atoms with Crippen molar-refractivity contribution in [3.8, 4) is 0 Å². The largest absolute Gasteiger partial charge is 0.335 e. The second-order valence-electron chi connectivity index (χ2n) is 4.44. The monoisotopic (exact) mass is 283 g/mol. The number of imide groups is 1. The quantitative estimate of drug-likeness (QED) is 0.717. The maximum absolute atomic E-state index is 11.6. The molecular weight excluding hydrogens is 266 g/mol. The minimum atomic E-state index is -0.407. The number of aromatic nitrogens is 3. The number of H-pyrrole nitrogens is 1. The van der Waals surface area contributed by atoms with E-state index in [0.717, 1.165) is 25.7 Å². The maximum atomic E-state index is 11.6. The fourth-order valence-electron chi connectivity index (χ4n) is 2.03. The molecule has 8 heteroatoms. The van der Waals surface area contributed by atoms with Crippen LogP contribution in [0.15, 0.2) is 11.5 Å². The van der Waals surface area contributed by atoms with Crippen LogP contribution in [0.1, 0.15) is 32.1 Å². The minimum absolute atomic E-state index is 0.132. The fraction of sp³-hybridized carbons (Fsp3) is 0.636. The van der Waals surface area contributed by atoms with Gasteiger partial charge in [-0.3, -0.25) is 15.2 Å². The number of amides is 3. The van der Waals surface area contributed by atoms with Crippen LogP contribution in [0.25, 0.3) is 0 Å². The molecule has 0 atom stereocenters. The van der Waals surface area contributed by atoms with E-state index in [9.17, 15) is 9.59 Å². The first-order valence-electron chi connectivity index (χ1n) is 6.32. The molecule has 0 bridgehead atoms. The van der Waals surface area contributed by atoms with Crippen molar-refractivity contribution in [2.24, 2.45) is 0 Å². The van der Waals surface area contributed by atoms with Crippen LogP contribution in [0, 0.1) is 0 Å². The number of nitrogens with one attached hydrogen (secondary N) is 3. The molecule has 3 N–H and O–H groups in total. The number of hydrogen-bond acceptors (Lipinski definition) is 5. The van der Waals surface area contributed by atoms with Gasteiger partial charge >= 0.3 is 6.03 Å². The second kappa shape index (κ2) is 7.13. The summed E-state index contributed by atoms with van der Waals surface area (Å²) >= 11 is 1.20. The third-order valence-corrected chi connectivity index (χ3v) is 3.80. The van der Waals surface area contributed by atoms with Crippen LogP contribution in [0.5, 0.6) is 0 Å². The van der Waals surface area contributed by atoms with E-state index >= 15 is 0 Å². The molecule has 1 aliphatic rings. The molecule has 1 aromatic rings. The van der Waals surface area contributed by atoms with E-state index in [1.807, 2.05) is 0 Å². The van der Waals surface area contributed by atoms with Gasteiger partial charge < -0.3 is 5.32 Å². The van der Waals surface area contributed by atoms with Crippen molar-refractivity contribution in [3.05, 3.63) is 6.33 Å². The van der Waals surface area contributed by atoms with E-state index in [-0.39, 0.29) is 17.7 Å². The second-order valence-corrected chi connectivity index (χ2v) is 5.40. The number of carbonyl (C=O) groups is 2. The summed E-state index contributed by atoms with van der Waals surface area (Å²) in [5, 5.41) is 12.0. The summed E-state index contributed by atoms with van der Waals surface area (Å²) in [7, 11) is 0. The molecule has 0 saturated heterocycles. The third kappa shape index (κ3) is 4.90. The zero-order chi connectivity index (χ0) is 13.5. The van der Waals surface area contributed by atoms with Crippen molar-refractivity contribution in [3.63, 3.8) is 0 Å². The molecule has 1 aliphatic carbocycles. The first kappa shape index (κ1) is 13.9. The third-order valence-electron chi connectivity index (χ3n) is 2.93. The van der Waals surface area contributed by atoms with Crippen LogP contribution >= 0.6 is 11.8 Å². The van der Waals surface area contributed by atoms with Gasteiger partial charge in [-0.25, -0.2) is 9.78 Å². The Bertz CT molecular complexity index is 417. The number of urea groups is 1. The van der Waals surface area contributed by atoms with Gasteiger partial charge in [0.1, 0.15) is 6.33 Å². The molecule has 0 spiro atoms. The molecule has 104 valence electrons. The first-order chi connectivity index (χ1) is 9.24. The van der Waals surface area contributed by atoms with Crippen LogP contribution in [0.4, 0.5) is 4.79 Å². The summed E-state index contributed by atoms with van der Waals surface area (Å²) in [6.45, 7) is 0. The van der Waals surface area contributed by atoms with Gasteiger partial charge in [0, 0.05) is 6.04 Å². The van der Waals surface area contributed by atoms with E-state index in [4.69, 9.17) is 0 Å². The zero-order valence-corrected chi connectivity index (χ0v) is 11.3. The van der Waals surface area contributed by atoms with Crippen LogP contribution in [-0.4, -0.2) is 38.9 Å². The Labute approximate surface area is 115 Å². The highest BCUT2D eigenvalue weighted by atomic mass is 32.2. The Morgan fingerprint density at radius 3 is 2.84 bits per heavy atom. The summed E-state index contributed by atoms with van der Waals surface area (Å²) in [4.78, 5) is 27.0. The van der Waals surface area contributed by atoms with Gasteiger partial charge in [0.25, 0.3) is 0 Å². The first-order valence-corrected chi connectivity index (χ1v) is 7.31. The van der Waals surface area contributed by atoms with Crippen LogP contribution < -0.4 is 10.6 Å². The molecule has 1 aromatic heterocycles. The molecule has 19 heavy (non-hydrogen) atoms.